The molecule has 0 aliphatic heterocycles. The summed E-state index contributed by atoms with van der Waals surface area (Å²) in [4.78, 5) is 14.7. The standard InChI is InChI=1S/C12H13N3O2S/c1-8(13)11-7-18-12(14-11)6-9-3-2-4-10(5-9)15(16)17/h2-5,7-8H,6,13H2,1H3. The summed E-state index contributed by atoms with van der Waals surface area (Å²) < 4.78 is 0. The molecule has 6 heteroatoms. The Kier molecular flexibility index (Phi) is 3.69. The second-order valence-corrected chi connectivity index (χ2v) is 5.00. The van der Waals surface area contributed by atoms with E-state index in [9.17, 15) is 10.1 Å². The molecule has 2 rings (SSSR count). The minimum atomic E-state index is -0.390. The Morgan fingerprint density at radius 2 is 2.33 bits per heavy atom. The fourth-order valence-electron chi connectivity index (χ4n) is 1.57. The van der Waals surface area contributed by atoms with E-state index >= 15 is 0 Å². The third kappa shape index (κ3) is 2.91. The number of nitro groups is 1. The topological polar surface area (TPSA) is 82.0 Å². The maximum Gasteiger partial charge on any atom is 0.269 e. The Bertz CT molecular complexity index is 566. The number of rotatable bonds is 4. The van der Waals surface area contributed by atoms with Gasteiger partial charge in [-0.05, 0) is 12.5 Å². The molecule has 0 amide bonds. The second-order valence-electron chi connectivity index (χ2n) is 4.06. The molecule has 18 heavy (non-hydrogen) atoms. The van der Waals surface area contributed by atoms with Crippen LogP contribution in [0.3, 0.4) is 0 Å². The largest absolute Gasteiger partial charge is 0.323 e. The maximum absolute atomic E-state index is 10.7. The number of nitro benzene ring substituents is 1. The van der Waals surface area contributed by atoms with Crippen molar-refractivity contribution < 1.29 is 4.92 Å². The van der Waals surface area contributed by atoms with Crippen molar-refractivity contribution in [3.8, 4) is 0 Å². The van der Waals surface area contributed by atoms with Crippen LogP contribution in [-0.4, -0.2) is 9.91 Å². The predicted octanol–water partition coefficient (Wildman–Crippen LogP) is 2.66. The van der Waals surface area contributed by atoms with Crippen molar-refractivity contribution in [3.63, 3.8) is 0 Å². The summed E-state index contributed by atoms with van der Waals surface area (Å²) in [7, 11) is 0. The molecule has 5 nitrogen and oxygen atoms in total. The Hall–Kier alpha value is -1.79. The van der Waals surface area contributed by atoms with Gasteiger partial charge in [0.2, 0.25) is 0 Å². The van der Waals surface area contributed by atoms with E-state index in [4.69, 9.17) is 5.73 Å². The van der Waals surface area contributed by atoms with Crippen molar-refractivity contribution in [2.24, 2.45) is 5.73 Å². The SMILES string of the molecule is CC(N)c1csc(Cc2cccc([N+](=O)[O-])c2)n1. The van der Waals surface area contributed by atoms with Crippen LogP contribution < -0.4 is 5.73 Å². The highest BCUT2D eigenvalue weighted by Gasteiger charge is 2.09. The van der Waals surface area contributed by atoms with Gasteiger partial charge in [0.05, 0.1) is 15.6 Å². The number of non-ortho nitro benzene ring substituents is 1. The van der Waals surface area contributed by atoms with E-state index < -0.39 is 4.92 Å². The van der Waals surface area contributed by atoms with E-state index in [1.165, 1.54) is 17.4 Å². The zero-order valence-corrected chi connectivity index (χ0v) is 10.7. The number of nitrogens with two attached hydrogens (primary N) is 1. The van der Waals surface area contributed by atoms with E-state index in [1.54, 1.807) is 12.1 Å². The molecule has 1 heterocycles. The second kappa shape index (κ2) is 5.24. The summed E-state index contributed by atoms with van der Waals surface area (Å²) in [6.45, 7) is 1.88. The van der Waals surface area contributed by atoms with Gasteiger partial charge in [-0.15, -0.1) is 11.3 Å². The van der Waals surface area contributed by atoms with E-state index in [1.807, 2.05) is 18.4 Å². The third-order valence-electron chi connectivity index (χ3n) is 2.51. The summed E-state index contributed by atoms with van der Waals surface area (Å²) in [6, 6.07) is 6.53. The third-order valence-corrected chi connectivity index (χ3v) is 3.38. The van der Waals surface area contributed by atoms with Crippen molar-refractivity contribution in [3.05, 3.63) is 56.0 Å². The highest BCUT2D eigenvalue weighted by Crippen LogP contribution is 2.20. The molecule has 1 atom stereocenters. The first kappa shape index (κ1) is 12.7. The highest BCUT2D eigenvalue weighted by atomic mass is 32.1. The van der Waals surface area contributed by atoms with E-state index in [0.717, 1.165) is 16.3 Å². The van der Waals surface area contributed by atoms with E-state index in [0.29, 0.717) is 6.42 Å². The van der Waals surface area contributed by atoms with E-state index in [2.05, 4.69) is 4.98 Å². The molecular weight excluding hydrogens is 250 g/mol. The maximum atomic E-state index is 10.7. The highest BCUT2D eigenvalue weighted by molar-refractivity contribution is 7.09. The smallest absolute Gasteiger partial charge is 0.269 e. The number of benzene rings is 1. The van der Waals surface area contributed by atoms with Crippen LogP contribution in [0.4, 0.5) is 5.69 Å². The van der Waals surface area contributed by atoms with Gasteiger partial charge in [-0.25, -0.2) is 4.98 Å². The van der Waals surface area contributed by atoms with Crippen LogP contribution in [0.2, 0.25) is 0 Å². The number of nitrogens with zero attached hydrogens (tertiary/aromatic N) is 2. The molecule has 2 aromatic rings. The van der Waals surface area contributed by atoms with Gasteiger partial charge in [0, 0.05) is 30.0 Å². The number of hydrogen-bond donors (Lipinski definition) is 1. The summed E-state index contributed by atoms with van der Waals surface area (Å²) in [6.07, 6.45) is 0.596. The molecule has 94 valence electrons. The molecule has 1 unspecified atom stereocenters. The first-order valence-corrected chi connectivity index (χ1v) is 6.37. The van der Waals surface area contributed by atoms with Gasteiger partial charge in [0.25, 0.3) is 5.69 Å². The summed E-state index contributed by atoms with van der Waals surface area (Å²) in [5.74, 6) is 0. The molecule has 0 saturated heterocycles. The molecule has 0 aliphatic carbocycles. The lowest BCUT2D eigenvalue weighted by molar-refractivity contribution is -0.384. The van der Waals surface area contributed by atoms with Gasteiger partial charge in [-0.2, -0.15) is 0 Å². The zero-order valence-electron chi connectivity index (χ0n) is 9.87. The molecule has 0 bridgehead atoms. The van der Waals surface area contributed by atoms with Gasteiger partial charge >= 0.3 is 0 Å². The molecule has 0 radical (unpaired) electrons. The molecule has 0 spiro atoms. The fraction of sp³-hybridized carbons (Fsp3) is 0.250. The van der Waals surface area contributed by atoms with Crippen LogP contribution in [0, 0.1) is 10.1 Å². The molecule has 1 aromatic heterocycles. The first-order valence-electron chi connectivity index (χ1n) is 5.49. The quantitative estimate of drug-likeness (QED) is 0.679. The lowest BCUT2D eigenvalue weighted by atomic mass is 10.1. The van der Waals surface area contributed by atoms with Crippen molar-refractivity contribution in [1.29, 1.82) is 0 Å². The zero-order chi connectivity index (χ0) is 13.1. The molecule has 0 fully saturated rings. The van der Waals surface area contributed by atoms with E-state index in [-0.39, 0.29) is 11.7 Å². The first-order chi connectivity index (χ1) is 8.56. The van der Waals surface area contributed by atoms with Crippen LogP contribution in [0.5, 0.6) is 0 Å². The molecule has 0 saturated carbocycles. The number of hydrogen-bond acceptors (Lipinski definition) is 5. The van der Waals surface area contributed by atoms with Crippen molar-refractivity contribution in [2.45, 2.75) is 19.4 Å². The van der Waals surface area contributed by atoms with Gasteiger partial charge in [0.1, 0.15) is 0 Å². The van der Waals surface area contributed by atoms with Crippen LogP contribution in [0.25, 0.3) is 0 Å². The van der Waals surface area contributed by atoms with Gasteiger partial charge < -0.3 is 5.73 Å². The van der Waals surface area contributed by atoms with Crippen molar-refractivity contribution in [1.82, 2.24) is 4.98 Å². The summed E-state index contributed by atoms with van der Waals surface area (Å²) in [5.41, 5.74) is 7.59. The summed E-state index contributed by atoms with van der Waals surface area (Å²) in [5, 5.41) is 13.5. The number of aromatic nitrogens is 1. The lowest BCUT2D eigenvalue weighted by Gasteiger charge is -1.99. The lowest BCUT2D eigenvalue weighted by Crippen LogP contribution is -2.05. The molecule has 0 aliphatic rings. The Labute approximate surface area is 108 Å². The van der Waals surface area contributed by atoms with Crippen LogP contribution >= 0.6 is 11.3 Å². The summed E-state index contributed by atoms with van der Waals surface area (Å²) >= 11 is 1.53. The van der Waals surface area contributed by atoms with Gasteiger partial charge in [0.15, 0.2) is 0 Å². The molecule has 1 aromatic carbocycles. The predicted molar refractivity (Wildman–Crippen MR) is 70.6 cm³/mol. The van der Waals surface area contributed by atoms with Crippen molar-refractivity contribution >= 4 is 17.0 Å². The van der Waals surface area contributed by atoms with Gasteiger partial charge in [-0.3, -0.25) is 10.1 Å². The molecular formula is C12H13N3O2S. The van der Waals surface area contributed by atoms with Crippen molar-refractivity contribution in [2.75, 3.05) is 0 Å². The Morgan fingerprint density at radius 1 is 1.56 bits per heavy atom. The molecule has 2 N–H and O–H groups in total. The minimum absolute atomic E-state index is 0.0832. The monoisotopic (exact) mass is 263 g/mol. The van der Waals surface area contributed by atoms with Crippen LogP contribution in [0.1, 0.15) is 29.2 Å². The average Bonchev–Trinajstić information content (AvgIpc) is 2.78. The Balaban J connectivity index is 2.17. The van der Waals surface area contributed by atoms with Crippen LogP contribution in [0.15, 0.2) is 29.6 Å². The number of thiazole rings is 1. The van der Waals surface area contributed by atoms with Crippen LogP contribution in [-0.2, 0) is 6.42 Å². The minimum Gasteiger partial charge on any atom is -0.323 e. The normalized spacial score (nSPS) is 12.3. The average molecular weight is 263 g/mol. The Morgan fingerprint density at radius 3 is 2.94 bits per heavy atom. The van der Waals surface area contributed by atoms with Gasteiger partial charge in [-0.1, -0.05) is 12.1 Å². The fourth-order valence-corrected chi connectivity index (χ4v) is 2.50.